The molecule has 2 aromatic rings. The van der Waals surface area contributed by atoms with Crippen molar-refractivity contribution < 1.29 is 14.3 Å². The summed E-state index contributed by atoms with van der Waals surface area (Å²) in [6.07, 6.45) is 0. The molecule has 1 aromatic carbocycles. The van der Waals surface area contributed by atoms with Gasteiger partial charge in [0.2, 0.25) is 0 Å². The molecular weight excluding hydrogens is 316 g/mol. The quantitative estimate of drug-likeness (QED) is 0.782. The molecule has 3 N–H and O–H groups in total. The summed E-state index contributed by atoms with van der Waals surface area (Å²) in [6, 6.07) is 10.2. The molecule has 1 aromatic heterocycles. The molecule has 0 aliphatic heterocycles. The van der Waals surface area contributed by atoms with Crippen molar-refractivity contribution in [1.82, 2.24) is 10.6 Å². The molecule has 0 spiro atoms. The van der Waals surface area contributed by atoms with Crippen molar-refractivity contribution in [3.63, 3.8) is 0 Å². The Morgan fingerprint density at radius 3 is 2.74 bits per heavy atom. The minimum Gasteiger partial charge on any atom is -0.463 e. The number of halogens is 1. The van der Waals surface area contributed by atoms with Crippen LogP contribution in [0.25, 0.3) is 0 Å². The van der Waals surface area contributed by atoms with E-state index >= 15 is 0 Å². The summed E-state index contributed by atoms with van der Waals surface area (Å²) >= 11 is 5.94. The van der Waals surface area contributed by atoms with Crippen LogP contribution in [0.2, 0.25) is 5.02 Å². The fourth-order valence-corrected chi connectivity index (χ4v) is 2.37. The molecule has 0 aliphatic rings. The molecule has 2 rings (SSSR count). The highest BCUT2D eigenvalue weighted by Crippen LogP contribution is 2.22. The number of furan rings is 1. The Hall–Kier alpha value is -1.98. The van der Waals surface area contributed by atoms with E-state index in [9.17, 15) is 9.90 Å². The Balaban J connectivity index is 1.89. The number of rotatable bonds is 5. The number of amides is 2. The zero-order chi connectivity index (χ0) is 17.0. The first-order chi connectivity index (χ1) is 10.8. The number of carbonyl (C=O) groups is 1. The lowest BCUT2D eigenvalue weighted by atomic mass is 10.0. The van der Waals surface area contributed by atoms with Crippen LogP contribution in [0, 0.1) is 6.92 Å². The zero-order valence-electron chi connectivity index (χ0n) is 13.4. The second-order valence-electron chi connectivity index (χ2n) is 5.79. The standard InChI is InChI=1S/C17H21ClN2O3/c1-11-7-8-15(23-11)17(3,22)10-19-16(21)20-12(2)13-5-4-6-14(18)9-13/h4-9,12,22H,10H2,1-3H3,(H2,19,20,21). The third kappa shape index (κ3) is 4.74. The number of aliphatic hydroxyl groups is 1. The first-order valence-electron chi connectivity index (χ1n) is 7.37. The largest absolute Gasteiger partial charge is 0.463 e. The van der Waals surface area contributed by atoms with Gasteiger partial charge in [0, 0.05) is 5.02 Å². The van der Waals surface area contributed by atoms with E-state index in [-0.39, 0.29) is 18.6 Å². The first kappa shape index (κ1) is 17.4. The van der Waals surface area contributed by atoms with E-state index in [1.54, 1.807) is 38.1 Å². The molecule has 2 unspecified atom stereocenters. The highest BCUT2D eigenvalue weighted by atomic mass is 35.5. The summed E-state index contributed by atoms with van der Waals surface area (Å²) < 4.78 is 5.41. The van der Waals surface area contributed by atoms with Crippen LogP contribution in [0.4, 0.5) is 4.79 Å². The van der Waals surface area contributed by atoms with Crippen molar-refractivity contribution in [2.24, 2.45) is 0 Å². The van der Waals surface area contributed by atoms with Crippen molar-refractivity contribution in [3.8, 4) is 0 Å². The Bertz CT molecular complexity index is 682. The predicted molar refractivity (Wildman–Crippen MR) is 89.4 cm³/mol. The molecule has 0 bridgehead atoms. The zero-order valence-corrected chi connectivity index (χ0v) is 14.1. The van der Waals surface area contributed by atoms with Crippen LogP contribution in [0.3, 0.4) is 0 Å². The molecule has 2 amide bonds. The molecule has 5 nitrogen and oxygen atoms in total. The molecule has 0 saturated heterocycles. The molecule has 23 heavy (non-hydrogen) atoms. The minimum atomic E-state index is -1.27. The summed E-state index contributed by atoms with van der Waals surface area (Å²) in [4.78, 5) is 12.0. The van der Waals surface area contributed by atoms with Crippen molar-refractivity contribution in [2.75, 3.05) is 6.54 Å². The topological polar surface area (TPSA) is 74.5 Å². The second-order valence-corrected chi connectivity index (χ2v) is 6.22. The average Bonchev–Trinajstić information content (AvgIpc) is 2.93. The van der Waals surface area contributed by atoms with Gasteiger partial charge in [0.1, 0.15) is 17.1 Å². The number of aryl methyl sites for hydroxylation is 1. The third-order valence-corrected chi connectivity index (χ3v) is 3.80. The van der Waals surface area contributed by atoms with Crippen molar-refractivity contribution >= 4 is 17.6 Å². The van der Waals surface area contributed by atoms with Crippen molar-refractivity contribution in [1.29, 1.82) is 0 Å². The summed E-state index contributed by atoms with van der Waals surface area (Å²) in [5.74, 6) is 1.12. The summed E-state index contributed by atoms with van der Waals surface area (Å²) in [6.45, 7) is 5.28. The van der Waals surface area contributed by atoms with Crippen molar-refractivity contribution in [3.05, 3.63) is 58.5 Å². The average molecular weight is 337 g/mol. The summed E-state index contributed by atoms with van der Waals surface area (Å²) in [7, 11) is 0. The van der Waals surface area contributed by atoms with Gasteiger partial charge in [0.25, 0.3) is 0 Å². The lowest BCUT2D eigenvalue weighted by Crippen LogP contribution is -2.44. The van der Waals surface area contributed by atoms with Gasteiger partial charge in [-0.05, 0) is 50.6 Å². The number of benzene rings is 1. The molecule has 2 atom stereocenters. The lowest BCUT2D eigenvalue weighted by Gasteiger charge is -2.22. The normalized spacial score (nSPS) is 14.8. The number of urea groups is 1. The minimum absolute atomic E-state index is 0.0358. The molecule has 0 fully saturated rings. The van der Waals surface area contributed by atoms with Crippen LogP contribution in [-0.4, -0.2) is 17.7 Å². The predicted octanol–water partition coefficient (Wildman–Crippen LogP) is 3.51. The van der Waals surface area contributed by atoms with E-state index in [1.165, 1.54) is 0 Å². The fraction of sp³-hybridized carbons (Fsp3) is 0.353. The number of hydrogen-bond donors (Lipinski definition) is 3. The van der Waals surface area contributed by atoms with Gasteiger partial charge in [0.15, 0.2) is 0 Å². The van der Waals surface area contributed by atoms with Gasteiger partial charge < -0.3 is 20.2 Å². The van der Waals surface area contributed by atoms with Crippen LogP contribution in [0.1, 0.15) is 37.0 Å². The van der Waals surface area contributed by atoms with Crippen LogP contribution in [0.5, 0.6) is 0 Å². The van der Waals surface area contributed by atoms with Gasteiger partial charge in [-0.3, -0.25) is 0 Å². The summed E-state index contributed by atoms with van der Waals surface area (Å²) in [5.41, 5.74) is -0.369. The Morgan fingerprint density at radius 1 is 1.39 bits per heavy atom. The third-order valence-electron chi connectivity index (χ3n) is 3.56. The maximum absolute atomic E-state index is 12.0. The van der Waals surface area contributed by atoms with E-state index < -0.39 is 5.60 Å². The fourth-order valence-electron chi connectivity index (χ4n) is 2.17. The number of nitrogens with one attached hydrogen (secondary N) is 2. The molecule has 124 valence electrons. The number of hydrogen-bond acceptors (Lipinski definition) is 3. The van der Waals surface area contributed by atoms with E-state index in [0.29, 0.717) is 16.5 Å². The first-order valence-corrected chi connectivity index (χ1v) is 7.75. The monoisotopic (exact) mass is 336 g/mol. The molecule has 0 radical (unpaired) electrons. The maximum atomic E-state index is 12.0. The SMILES string of the molecule is Cc1ccc(C(C)(O)CNC(=O)NC(C)c2cccc(Cl)c2)o1. The smallest absolute Gasteiger partial charge is 0.315 e. The van der Waals surface area contributed by atoms with E-state index in [4.69, 9.17) is 16.0 Å². The van der Waals surface area contributed by atoms with Gasteiger partial charge in [0.05, 0.1) is 12.6 Å². The molecular formula is C17H21ClN2O3. The maximum Gasteiger partial charge on any atom is 0.315 e. The van der Waals surface area contributed by atoms with E-state index in [2.05, 4.69) is 10.6 Å². The van der Waals surface area contributed by atoms with Crippen LogP contribution in [0.15, 0.2) is 40.8 Å². The lowest BCUT2D eigenvalue weighted by molar-refractivity contribution is 0.0359. The van der Waals surface area contributed by atoms with Gasteiger partial charge in [-0.1, -0.05) is 23.7 Å². The Kier molecular flexibility index (Phi) is 5.34. The Morgan fingerprint density at radius 2 is 2.13 bits per heavy atom. The highest BCUT2D eigenvalue weighted by Gasteiger charge is 2.27. The van der Waals surface area contributed by atoms with E-state index in [0.717, 1.165) is 5.56 Å². The van der Waals surface area contributed by atoms with Gasteiger partial charge in [-0.15, -0.1) is 0 Å². The van der Waals surface area contributed by atoms with Gasteiger partial charge in [-0.2, -0.15) is 0 Å². The summed E-state index contributed by atoms with van der Waals surface area (Å²) in [5, 5.41) is 16.5. The Labute approximate surface area is 140 Å². The van der Waals surface area contributed by atoms with Crippen molar-refractivity contribution in [2.45, 2.75) is 32.4 Å². The number of carbonyl (C=O) groups excluding carboxylic acids is 1. The van der Waals surface area contributed by atoms with Crippen LogP contribution in [-0.2, 0) is 5.60 Å². The highest BCUT2D eigenvalue weighted by molar-refractivity contribution is 6.30. The van der Waals surface area contributed by atoms with Gasteiger partial charge >= 0.3 is 6.03 Å². The molecule has 6 heteroatoms. The molecule has 0 saturated carbocycles. The molecule has 1 heterocycles. The van der Waals surface area contributed by atoms with Gasteiger partial charge in [-0.25, -0.2) is 4.79 Å². The van der Waals surface area contributed by atoms with Crippen LogP contribution >= 0.6 is 11.6 Å². The van der Waals surface area contributed by atoms with E-state index in [1.807, 2.05) is 19.1 Å². The van der Waals surface area contributed by atoms with Crippen LogP contribution < -0.4 is 10.6 Å². The molecule has 0 aliphatic carbocycles. The second kappa shape index (κ2) is 7.06.